The van der Waals surface area contributed by atoms with Gasteiger partial charge in [0.15, 0.2) is 0 Å². The summed E-state index contributed by atoms with van der Waals surface area (Å²) >= 11 is 3.19. The first-order valence-corrected chi connectivity index (χ1v) is 5.80. The maximum atomic E-state index is 13.3. The molecule has 1 fully saturated rings. The van der Waals surface area contributed by atoms with Crippen molar-refractivity contribution in [3.63, 3.8) is 0 Å². The summed E-state index contributed by atoms with van der Waals surface area (Å²) in [4.78, 5) is 0. The maximum absolute atomic E-state index is 13.3. The highest BCUT2D eigenvalue weighted by Crippen LogP contribution is 2.34. The minimum absolute atomic E-state index is 0.327. The summed E-state index contributed by atoms with van der Waals surface area (Å²) < 4.78 is 13.7. The van der Waals surface area contributed by atoms with Crippen molar-refractivity contribution in [1.29, 1.82) is 0 Å². The smallest absolute Gasteiger partial charge is 0.137 e. The molecule has 4 heteroatoms. The average molecular weight is 274 g/mol. The topological polar surface area (TPSA) is 32.3 Å². The summed E-state index contributed by atoms with van der Waals surface area (Å²) in [5.74, 6) is -0.327. The predicted octanol–water partition coefficient (Wildman–Crippen LogP) is 2.16. The van der Waals surface area contributed by atoms with Crippen molar-refractivity contribution < 1.29 is 9.50 Å². The average Bonchev–Trinajstić information content (AvgIpc) is 2.23. The second kappa shape index (κ2) is 4.20. The molecule has 1 aromatic rings. The molecule has 0 aromatic heterocycles. The third kappa shape index (κ3) is 2.07. The first-order chi connectivity index (χ1) is 7.13. The first kappa shape index (κ1) is 11.0. The van der Waals surface area contributed by atoms with Crippen molar-refractivity contribution in [2.24, 2.45) is 0 Å². The van der Waals surface area contributed by atoms with Gasteiger partial charge < -0.3 is 10.4 Å². The third-order valence-electron chi connectivity index (χ3n) is 2.81. The molecule has 0 aliphatic carbocycles. The van der Waals surface area contributed by atoms with Gasteiger partial charge in [-0.05, 0) is 41.4 Å². The summed E-state index contributed by atoms with van der Waals surface area (Å²) in [7, 11) is 0. The van der Waals surface area contributed by atoms with E-state index in [4.69, 9.17) is 0 Å². The number of nitrogens with one attached hydrogen (secondary N) is 1. The number of hydrogen-bond acceptors (Lipinski definition) is 2. The number of halogens is 2. The summed E-state index contributed by atoms with van der Waals surface area (Å²) in [6, 6.07) is 4.77. The van der Waals surface area contributed by atoms with Gasteiger partial charge in [0.1, 0.15) is 11.4 Å². The van der Waals surface area contributed by atoms with Crippen molar-refractivity contribution in [3.05, 3.63) is 34.1 Å². The number of benzene rings is 1. The number of hydrogen-bond donors (Lipinski definition) is 2. The molecule has 82 valence electrons. The molecule has 15 heavy (non-hydrogen) atoms. The lowest BCUT2D eigenvalue weighted by Gasteiger charge is -2.33. The Morgan fingerprint density at radius 1 is 1.47 bits per heavy atom. The molecule has 2 rings (SSSR count). The molecule has 0 amide bonds. The number of rotatable bonds is 1. The summed E-state index contributed by atoms with van der Waals surface area (Å²) in [6.07, 6.45) is 1.57. The number of aliphatic hydroxyl groups is 1. The molecule has 0 bridgehead atoms. The highest BCUT2D eigenvalue weighted by Gasteiger charge is 2.33. The minimum atomic E-state index is -0.945. The zero-order chi connectivity index (χ0) is 10.9. The summed E-state index contributed by atoms with van der Waals surface area (Å²) in [6.45, 7) is 1.39. The molecule has 2 nitrogen and oxygen atoms in total. The van der Waals surface area contributed by atoms with Crippen LogP contribution in [0.25, 0.3) is 0 Å². The monoisotopic (exact) mass is 273 g/mol. The fraction of sp³-hybridized carbons (Fsp3) is 0.455. The lowest BCUT2D eigenvalue weighted by molar-refractivity contribution is 0.0113. The highest BCUT2D eigenvalue weighted by atomic mass is 79.9. The standard InChI is InChI=1S/C11H13BrFNO/c12-10-8(3-1-4-9(10)13)11(15)5-2-6-14-7-11/h1,3-4,14-15H,2,5-7H2. The Hall–Kier alpha value is -0.450. The molecule has 1 aromatic carbocycles. The van der Waals surface area contributed by atoms with E-state index in [1.54, 1.807) is 12.1 Å². The van der Waals surface area contributed by atoms with Crippen molar-refractivity contribution in [2.45, 2.75) is 18.4 Å². The Morgan fingerprint density at radius 3 is 2.93 bits per heavy atom. The van der Waals surface area contributed by atoms with E-state index < -0.39 is 5.60 Å². The molecule has 1 unspecified atom stereocenters. The van der Waals surface area contributed by atoms with E-state index in [0.717, 1.165) is 13.0 Å². The van der Waals surface area contributed by atoms with E-state index in [9.17, 15) is 9.50 Å². The third-order valence-corrected chi connectivity index (χ3v) is 3.62. The van der Waals surface area contributed by atoms with Crippen LogP contribution in [0.3, 0.4) is 0 Å². The Bertz CT molecular complexity index is 364. The molecule has 2 N–H and O–H groups in total. The van der Waals surface area contributed by atoms with E-state index in [-0.39, 0.29) is 5.82 Å². The second-order valence-electron chi connectivity index (χ2n) is 3.91. The zero-order valence-corrected chi connectivity index (χ0v) is 9.85. The van der Waals surface area contributed by atoms with Gasteiger partial charge in [-0.1, -0.05) is 12.1 Å². The molecule has 1 heterocycles. The van der Waals surface area contributed by atoms with Crippen LogP contribution in [0.15, 0.2) is 22.7 Å². The summed E-state index contributed by atoms with van der Waals surface area (Å²) in [5, 5.41) is 13.5. The van der Waals surface area contributed by atoms with Crippen LogP contribution in [-0.4, -0.2) is 18.2 Å². The van der Waals surface area contributed by atoms with Crippen molar-refractivity contribution in [3.8, 4) is 0 Å². The number of β-amino-alcohol motifs (C(OH)–C–C–N with tert-alkyl or cyclic N) is 1. The second-order valence-corrected chi connectivity index (χ2v) is 4.71. The molecule has 0 saturated carbocycles. The molecular weight excluding hydrogens is 261 g/mol. The van der Waals surface area contributed by atoms with Crippen LogP contribution < -0.4 is 5.32 Å². The maximum Gasteiger partial charge on any atom is 0.137 e. The fourth-order valence-electron chi connectivity index (χ4n) is 1.98. The van der Waals surface area contributed by atoms with Crippen LogP contribution in [0, 0.1) is 5.82 Å². The minimum Gasteiger partial charge on any atom is -0.384 e. The Kier molecular flexibility index (Phi) is 3.09. The molecule has 1 aliphatic heterocycles. The largest absolute Gasteiger partial charge is 0.384 e. The van der Waals surface area contributed by atoms with Gasteiger partial charge in [-0.25, -0.2) is 4.39 Å². The Morgan fingerprint density at radius 2 is 2.27 bits per heavy atom. The van der Waals surface area contributed by atoms with Crippen LogP contribution in [0.5, 0.6) is 0 Å². The molecule has 0 spiro atoms. The molecule has 0 radical (unpaired) electrons. The normalized spacial score (nSPS) is 26.6. The van der Waals surface area contributed by atoms with Crippen molar-refractivity contribution in [2.75, 3.05) is 13.1 Å². The van der Waals surface area contributed by atoms with Gasteiger partial charge in [-0.2, -0.15) is 0 Å². The quantitative estimate of drug-likeness (QED) is 0.822. The molecular formula is C11H13BrFNO. The lowest BCUT2D eigenvalue weighted by Crippen LogP contribution is -2.43. The first-order valence-electron chi connectivity index (χ1n) is 5.01. The molecule has 1 saturated heterocycles. The highest BCUT2D eigenvalue weighted by molar-refractivity contribution is 9.10. The van der Waals surface area contributed by atoms with Gasteiger partial charge in [0.2, 0.25) is 0 Å². The van der Waals surface area contributed by atoms with Crippen LogP contribution in [0.2, 0.25) is 0 Å². The van der Waals surface area contributed by atoms with Gasteiger partial charge in [0.05, 0.1) is 4.47 Å². The van der Waals surface area contributed by atoms with Crippen LogP contribution in [0.1, 0.15) is 18.4 Å². The molecule has 1 atom stereocenters. The van der Waals surface area contributed by atoms with Crippen LogP contribution in [-0.2, 0) is 5.60 Å². The van der Waals surface area contributed by atoms with E-state index in [1.807, 2.05) is 0 Å². The van der Waals surface area contributed by atoms with Crippen LogP contribution >= 0.6 is 15.9 Å². The van der Waals surface area contributed by atoms with Gasteiger partial charge in [-0.15, -0.1) is 0 Å². The Balaban J connectivity index is 2.39. The van der Waals surface area contributed by atoms with Gasteiger partial charge in [0, 0.05) is 12.1 Å². The molecule has 1 aliphatic rings. The fourth-order valence-corrected chi connectivity index (χ4v) is 2.62. The zero-order valence-electron chi connectivity index (χ0n) is 8.26. The van der Waals surface area contributed by atoms with Gasteiger partial charge >= 0.3 is 0 Å². The SMILES string of the molecule is OC1(c2cccc(F)c2Br)CCCNC1. The van der Waals surface area contributed by atoms with Crippen molar-refractivity contribution >= 4 is 15.9 Å². The van der Waals surface area contributed by atoms with E-state index in [2.05, 4.69) is 21.2 Å². The van der Waals surface area contributed by atoms with E-state index >= 15 is 0 Å². The van der Waals surface area contributed by atoms with Crippen LogP contribution in [0.4, 0.5) is 4.39 Å². The van der Waals surface area contributed by atoms with Gasteiger partial charge in [-0.3, -0.25) is 0 Å². The lowest BCUT2D eigenvalue weighted by atomic mass is 9.87. The predicted molar refractivity (Wildman–Crippen MR) is 60.1 cm³/mol. The Labute approximate surface area is 96.6 Å². The van der Waals surface area contributed by atoms with Gasteiger partial charge in [0.25, 0.3) is 0 Å². The summed E-state index contributed by atoms with van der Waals surface area (Å²) in [5.41, 5.74) is -0.311. The van der Waals surface area contributed by atoms with E-state index in [0.29, 0.717) is 23.0 Å². The number of piperidine rings is 1. The van der Waals surface area contributed by atoms with Crippen molar-refractivity contribution in [1.82, 2.24) is 5.32 Å². The van der Waals surface area contributed by atoms with E-state index in [1.165, 1.54) is 6.07 Å².